The van der Waals surface area contributed by atoms with Gasteiger partial charge in [0, 0.05) is 26.2 Å². The number of nitrogens with zero attached hydrogens (tertiary/aromatic N) is 2. The zero-order valence-electron chi connectivity index (χ0n) is 12.9. The van der Waals surface area contributed by atoms with Crippen molar-refractivity contribution >= 4 is 16.2 Å². The molecule has 0 amide bonds. The van der Waals surface area contributed by atoms with Crippen molar-refractivity contribution in [1.29, 1.82) is 0 Å². The van der Waals surface area contributed by atoms with Gasteiger partial charge in [-0.15, -0.1) is 0 Å². The van der Waals surface area contributed by atoms with Gasteiger partial charge < -0.3 is 5.11 Å². The molecule has 122 valence electrons. The third-order valence-electron chi connectivity index (χ3n) is 5.03. The van der Waals surface area contributed by atoms with Gasteiger partial charge in [-0.3, -0.25) is 4.79 Å². The summed E-state index contributed by atoms with van der Waals surface area (Å²) < 4.78 is 28.4. The molecule has 0 aromatic rings. The average Bonchev–Trinajstić information content (AvgIpc) is 2.47. The van der Waals surface area contributed by atoms with Gasteiger partial charge in [0.15, 0.2) is 0 Å². The molecule has 6 nitrogen and oxygen atoms in total. The Hall–Kier alpha value is -0.660. The lowest BCUT2D eigenvalue weighted by molar-refractivity contribution is -0.142. The van der Waals surface area contributed by atoms with Gasteiger partial charge >= 0.3 is 5.97 Å². The Bertz CT molecular complexity index is 471. The molecule has 1 saturated carbocycles. The lowest BCUT2D eigenvalue weighted by Crippen LogP contribution is -2.51. The van der Waals surface area contributed by atoms with Crippen molar-refractivity contribution < 1.29 is 18.3 Å². The number of hydrogen-bond donors (Lipinski definition) is 1. The van der Waals surface area contributed by atoms with Gasteiger partial charge in [0.2, 0.25) is 0 Å². The molecule has 1 aliphatic carbocycles. The fourth-order valence-corrected chi connectivity index (χ4v) is 5.22. The van der Waals surface area contributed by atoms with E-state index in [2.05, 4.69) is 6.92 Å². The van der Waals surface area contributed by atoms with Crippen molar-refractivity contribution in [2.75, 3.05) is 20.1 Å². The van der Waals surface area contributed by atoms with Crippen molar-refractivity contribution in [3.05, 3.63) is 0 Å². The van der Waals surface area contributed by atoms with E-state index < -0.39 is 22.1 Å². The first-order valence-electron chi connectivity index (χ1n) is 7.80. The predicted molar refractivity (Wildman–Crippen MR) is 80.0 cm³/mol. The SMILES string of the molecule is CC1CCCCC1N(C)S(=O)(=O)N1CCC(C(=O)O)CC1. The standard InChI is InChI=1S/C14H26N2O4S/c1-11-5-3-4-6-13(11)15(2)21(19,20)16-9-7-12(8-10-16)14(17)18/h11-13H,3-10H2,1-2H3,(H,17,18). The minimum atomic E-state index is -3.47. The van der Waals surface area contributed by atoms with Gasteiger partial charge in [0.1, 0.15) is 0 Å². The molecule has 1 N–H and O–H groups in total. The Balaban J connectivity index is 2.02. The van der Waals surface area contributed by atoms with Crippen LogP contribution in [0.1, 0.15) is 45.4 Å². The summed E-state index contributed by atoms with van der Waals surface area (Å²) in [5, 5.41) is 9.00. The van der Waals surface area contributed by atoms with E-state index in [0.29, 0.717) is 31.8 Å². The molecular weight excluding hydrogens is 292 g/mol. The van der Waals surface area contributed by atoms with Gasteiger partial charge in [-0.2, -0.15) is 17.0 Å². The molecule has 0 aromatic carbocycles. The molecule has 1 aliphatic heterocycles. The molecule has 0 aromatic heterocycles. The van der Waals surface area contributed by atoms with Crippen LogP contribution in [-0.2, 0) is 15.0 Å². The average molecular weight is 318 g/mol. The number of rotatable bonds is 4. The van der Waals surface area contributed by atoms with Gasteiger partial charge in [-0.25, -0.2) is 0 Å². The van der Waals surface area contributed by atoms with E-state index in [0.717, 1.165) is 19.3 Å². The Labute approximate surface area is 127 Å². The lowest BCUT2D eigenvalue weighted by atomic mass is 9.86. The maximum absolute atomic E-state index is 12.7. The van der Waals surface area contributed by atoms with Crippen LogP contribution < -0.4 is 0 Å². The van der Waals surface area contributed by atoms with E-state index in [4.69, 9.17) is 5.11 Å². The Morgan fingerprint density at radius 2 is 1.71 bits per heavy atom. The molecule has 0 spiro atoms. The van der Waals surface area contributed by atoms with Crippen LogP contribution in [0, 0.1) is 11.8 Å². The molecule has 1 saturated heterocycles. The lowest BCUT2D eigenvalue weighted by Gasteiger charge is -2.39. The van der Waals surface area contributed by atoms with Gasteiger partial charge in [0.25, 0.3) is 10.2 Å². The monoisotopic (exact) mass is 318 g/mol. The van der Waals surface area contributed by atoms with Crippen molar-refractivity contribution in [1.82, 2.24) is 8.61 Å². The highest BCUT2D eigenvalue weighted by Crippen LogP contribution is 2.30. The van der Waals surface area contributed by atoms with Crippen molar-refractivity contribution in [3.8, 4) is 0 Å². The second-order valence-corrected chi connectivity index (χ2v) is 8.35. The number of carbonyl (C=O) groups is 1. The summed E-state index contributed by atoms with van der Waals surface area (Å²) in [6, 6.07) is 0.0703. The first kappa shape index (κ1) is 16.7. The normalized spacial score (nSPS) is 29.7. The second kappa shape index (κ2) is 6.62. The third kappa shape index (κ3) is 3.57. The number of hydrogen-bond acceptors (Lipinski definition) is 3. The molecule has 2 aliphatic rings. The highest BCUT2D eigenvalue weighted by atomic mass is 32.2. The second-order valence-electron chi connectivity index (χ2n) is 6.36. The summed E-state index contributed by atoms with van der Waals surface area (Å²) in [6.45, 7) is 2.74. The first-order valence-corrected chi connectivity index (χ1v) is 9.19. The minimum absolute atomic E-state index is 0.0703. The molecular formula is C14H26N2O4S. The predicted octanol–water partition coefficient (Wildman–Crippen LogP) is 1.54. The summed E-state index contributed by atoms with van der Waals surface area (Å²) in [4.78, 5) is 11.0. The summed E-state index contributed by atoms with van der Waals surface area (Å²) >= 11 is 0. The topological polar surface area (TPSA) is 77.9 Å². The number of piperidine rings is 1. The van der Waals surface area contributed by atoms with Crippen LogP contribution in [0.2, 0.25) is 0 Å². The molecule has 7 heteroatoms. The van der Waals surface area contributed by atoms with Crippen LogP contribution in [0.4, 0.5) is 0 Å². The van der Waals surface area contributed by atoms with Crippen LogP contribution in [0.3, 0.4) is 0 Å². The Kier molecular flexibility index (Phi) is 5.27. The number of carboxylic acids is 1. The smallest absolute Gasteiger partial charge is 0.306 e. The van der Waals surface area contributed by atoms with E-state index in [9.17, 15) is 13.2 Å². The van der Waals surface area contributed by atoms with Crippen LogP contribution in [0.25, 0.3) is 0 Å². The summed E-state index contributed by atoms with van der Waals surface area (Å²) in [6.07, 6.45) is 5.06. The van der Waals surface area contributed by atoms with E-state index >= 15 is 0 Å². The molecule has 0 bridgehead atoms. The Morgan fingerprint density at radius 1 is 1.14 bits per heavy atom. The molecule has 2 fully saturated rings. The van der Waals surface area contributed by atoms with E-state index in [1.165, 1.54) is 15.0 Å². The van der Waals surface area contributed by atoms with Gasteiger partial charge in [0.05, 0.1) is 5.92 Å². The molecule has 1 heterocycles. The van der Waals surface area contributed by atoms with Gasteiger partial charge in [-0.1, -0.05) is 19.8 Å². The van der Waals surface area contributed by atoms with Crippen molar-refractivity contribution in [2.45, 2.75) is 51.5 Å². The Morgan fingerprint density at radius 3 is 2.24 bits per heavy atom. The van der Waals surface area contributed by atoms with Crippen molar-refractivity contribution in [3.63, 3.8) is 0 Å². The summed E-state index contributed by atoms with van der Waals surface area (Å²) in [5.74, 6) is -0.841. The van der Waals surface area contributed by atoms with Crippen LogP contribution >= 0.6 is 0 Å². The van der Waals surface area contributed by atoms with Crippen LogP contribution in [0.5, 0.6) is 0 Å². The molecule has 21 heavy (non-hydrogen) atoms. The van der Waals surface area contributed by atoms with Gasteiger partial charge in [-0.05, 0) is 31.6 Å². The maximum Gasteiger partial charge on any atom is 0.306 e. The fourth-order valence-electron chi connectivity index (χ4n) is 3.52. The van der Waals surface area contributed by atoms with Crippen LogP contribution in [0.15, 0.2) is 0 Å². The van der Waals surface area contributed by atoms with Crippen molar-refractivity contribution in [2.24, 2.45) is 11.8 Å². The highest BCUT2D eigenvalue weighted by Gasteiger charge is 2.38. The zero-order valence-corrected chi connectivity index (χ0v) is 13.7. The quantitative estimate of drug-likeness (QED) is 0.853. The van der Waals surface area contributed by atoms with E-state index in [-0.39, 0.29) is 6.04 Å². The molecule has 2 atom stereocenters. The maximum atomic E-state index is 12.7. The third-order valence-corrected chi connectivity index (χ3v) is 7.04. The summed E-state index contributed by atoms with van der Waals surface area (Å²) in [7, 11) is -1.80. The summed E-state index contributed by atoms with van der Waals surface area (Å²) in [5.41, 5.74) is 0. The highest BCUT2D eigenvalue weighted by molar-refractivity contribution is 7.86. The van der Waals surface area contributed by atoms with Crippen LogP contribution in [-0.4, -0.2) is 54.3 Å². The van der Waals surface area contributed by atoms with E-state index in [1.54, 1.807) is 7.05 Å². The molecule has 0 radical (unpaired) electrons. The minimum Gasteiger partial charge on any atom is -0.481 e. The fraction of sp³-hybridized carbons (Fsp3) is 0.929. The van der Waals surface area contributed by atoms with E-state index in [1.807, 2.05) is 0 Å². The number of carboxylic acid groups (broad SMARTS) is 1. The zero-order chi connectivity index (χ0) is 15.6. The molecule has 2 rings (SSSR count). The first-order chi connectivity index (χ1) is 9.84. The molecule has 2 unspecified atom stereocenters. The largest absolute Gasteiger partial charge is 0.481 e. The number of aliphatic carboxylic acids is 1.